The summed E-state index contributed by atoms with van der Waals surface area (Å²) in [6, 6.07) is 7.35. The van der Waals surface area contributed by atoms with Gasteiger partial charge >= 0.3 is 27.0 Å². The van der Waals surface area contributed by atoms with Crippen LogP contribution in [-0.4, -0.2) is 16.5 Å². The maximum atomic E-state index is 13.3. The van der Waals surface area contributed by atoms with E-state index >= 15 is 0 Å². The van der Waals surface area contributed by atoms with E-state index in [9.17, 15) is 8.78 Å². The summed E-state index contributed by atoms with van der Waals surface area (Å²) in [7, 11) is 1.68. The van der Waals surface area contributed by atoms with Gasteiger partial charge in [0.05, 0.1) is 0 Å². The van der Waals surface area contributed by atoms with Gasteiger partial charge in [0.2, 0.25) is 0 Å². The number of hydrogen-bond donors (Lipinski definition) is 0. The molecule has 0 aliphatic carbocycles. The molecule has 0 amide bonds. The van der Waals surface area contributed by atoms with Crippen LogP contribution < -0.4 is 4.23 Å². The van der Waals surface area contributed by atoms with E-state index in [1.165, 1.54) is 24.2 Å². The molecule has 2 rings (SSSR count). The Balaban J connectivity index is 0.000000861. The van der Waals surface area contributed by atoms with E-state index in [0.29, 0.717) is 0 Å². The molecule has 1 fully saturated rings. The minimum atomic E-state index is -1.54. The van der Waals surface area contributed by atoms with Gasteiger partial charge in [0.25, 0.3) is 0 Å². The van der Waals surface area contributed by atoms with Crippen LogP contribution in [0.25, 0.3) is 0 Å². The van der Waals surface area contributed by atoms with E-state index in [2.05, 4.69) is 36.5 Å². The van der Waals surface area contributed by atoms with Crippen molar-refractivity contribution in [2.75, 3.05) is 4.23 Å². The number of hydrogen-bond acceptors (Lipinski definition) is 1. The molecule has 1 aromatic rings. The Hall–Kier alpha value is 0.227. The summed E-state index contributed by atoms with van der Waals surface area (Å²) in [5, 5.41) is 0. The molecule has 102 valence electrons. The van der Waals surface area contributed by atoms with E-state index in [0.717, 1.165) is 23.0 Å². The molecule has 0 saturated carbocycles. The molecule has 19 heavy (non-hydrogen) atoms. The first-order chi connectivity index (χ1) is 8.72. The first kappa shape index (κ1) is 17.3. The van der Waals surface area contributed by atoms with Gasteiger partial charge in [0.15, 0.2) is 0 Å². The van der Waals surface area contributed by atoms with Gasteiger partial charge in [0.1, 0.15) is 16.5 Å². The zero-order valence-electron chi connectivity index (χ0n) is 11.9. The van der Waals surface area contributed by atoms with E-state index in [-0.39, 0.29) is 0 Å². The molecule has 0 radical (unpaired) electrons. The second-order valence-corrected chi connectivity index (χ2v) is 15.6. The van der Waals surface area contributed by atoms with Crippen LogP contribution in [0.1, 0.15) is 0 Å². The van der Waals surface area contributed by atoms with Gasteiger partial charge in [-0.3, -0.25) is 0 Å². The molecule has 1 saturated heterocycles. The number of benzene rings is 1. The van der Waals surface area contributed by atoms with Crippen LogP contribution in [0.5, 0.6) is 0 Å². The van der Waals surface area contributed by atoms with E-state index in [4.69, 9.17) is 9.69 Å². The van der Waals surface area contributed by atoms with Crippen molar-refractivity contribution in [2.24, 2.45) is 0 Å². The van der Waals surface area contributed by atoms with Gasteiger partial charge in [0, 0.05) is 11.6 Å². The van der Waals surface area contributed by atoms with E-state index < -0.39 is 28.1 Å². The average Bonchev–Trinajstić information content (AvgIpc) is 2.49. The van der Waals surface area contributed by atoms with Gasteiger partial charge in [-0.1, -0.05) is 31.9 Å². The van der Waals surface area contributed by atoms with Crippen molar-refractivity contribution in [1.82, 2.24) is 0 Å². The van der Waals surface area contributed by atoms with Crippen LogP contribution in [0.15, 0.2) is 12.1 Å². The summed E-state index contributed by atoms with van der Waals surface area (Å²) in [6.07, 6.45) is 0. The predicted octanol–water partition coefficient (Wildman–Crippen LogP) is 4.68. The van der Waals surface area contributed by atoms with Gasteiger partial charge in [-0.15, -0.1) is 18.2 Å². The number of anilines is 1. The Morgan fingerprint density at radius 2 is 1.42 bits per heavy atom. The van der Waals surface area contributed by atoms with Gasteiger partial charge < -0.3 is 4.23 Å². The molecular weight excluding hydrogens is 353 g/mol. The second-order valence-electron chi connectivity index (χ2n) is 5.99. The average molecular weight is 371 g/mol. The van der Waals surface area contributed by atoms with Crippen LogP contribution in [0.2, 0.25) is 38.3 Å². The molecule has 1 aromatic carbocycles. The molecule has 1 aliphatic rings. The normalized spacial score (nSPS) is 19.9. The third-order valence-electron chi connectivity index (χ3n) is 3.61. The molecule has 0 N–H and O–H groups in total. The van der Waals surface area contributed by atoms with E-state index in [1.807, 2.05) is 0 Å². The molecule has 0 aromatic heterocycles. The van der Waals surface area contributed by atoms with Crippen LogP contribution in [0.3, 0.4) is 0 Å². The fraction of sp³-hybridized carbons (Fsp3) is 0.500. The Labute approximate surface area is 130 Å². The number of rotatable bonds is 1. The van der Waals surface area contributed by atoms with Crippen molar-refractivity contribution in [3.05, 3.63) is 29.8 Å². The molecule has 1 aliphatic heterocycles. The summed E-state index contributed by atoms with van der Waals surface area (Å²) >= 11 is 0.847. The fourth-order valence-corrected chi connectivity index (χ4v) is 17.2. The molecule has 1 heterocycles. The maximum absolute atomic E-state index is 13.3. The molecule has 0 unspecified atom stereocenters. The topological polar surface area (TPSA) is 3.24 Å². The van der Waals surface area contributed by atoms with Crippen molar-refractivity contribution < 1.29 is 26.1 Å². The van der Waals surface area contributed by atoms with Crippen molar-refractivity contribution in [3.63, 3.8) is 0 Å². The number of halogens is 3. The van der Waals surface area contributed by atoms with Crippen molar-refractivity contribution in [1.29, 1.82) is 0 Å². The first-order valence-electron chi connectivity index (χ1n) is 6.18. The molecule has 0 atom stereocenters. The second kappa shape index (κ2) is 6.33. The Morgan fingerprint density at radius 1 is 1.05 bits per heavy atom. The van der Waals surface area contributed by atoms with Crippen LogP contribution in [0.4, 0.5) is 14.5 Å². The fourth-order valence-electron chi connectivity index (χ4n) is 2.97. The minimum absolute atomic E-state index is 0.596. The van der Waals surface area contributed by atoms with Gasteiger partial charge in [-0.2, -0.15) is 0 Å². The van der Waals surface area contributed by atoms with Crippen LogP contribution in [0, 0.1) is 17.7 Å². The van der Waals surface area contributed by atoms with Crippen molar-refractivity contribution in [3.8, 4) is 0 Å². The Kier molecular flexibility index (Phi) is 5.76. The first-order valence-corrected chi connectivity index (χ1v) is 16.4. The van der Waals surface area contributed by atoms with Crippen LogP contribution >= 0.6 is 9.69 Å². The van der Waals surface area contributed by atoms with Gasteiger partial charge in [-0.25, -0.2) is 8.78 Å². The third-order valence-corrected chi connectivity index (χ3v) is 13.6. The van der Waals surface area contributed by atoms with Crippen LogP contribution in [-0.2, 0) is 17.3 Å². The molecule has 0 bridgehead atoms. The zero-order valence-corrected chi connectivity index (χ0v) is 17.6. The summed E-state index contributed by atoms with van der Waals surface area (Å²) < 4.78 is 29.0. The quantitative estimate of drug-likeness (QED) is 0.512. The Morgan fingerprint density at radius 3 is 1.79 bits per heavy atom. The Bertz CT molecular complexity index is 421. The van der Waals surface area contributed by atoms with Crippen molar-refractivity contribution >= 4 is 31.8 Å². The molecule has 1 nitrogen and oxygen atoms in total. The monoisotopic (exact) mass is 369 g/mol. The zero-order chi connectivity index (χ0) is 14.8. The predicted molar refractivity (Wildman–Crippen MR) is 78.1 cm³/mol. The van der Waals surface area contributed by atoms with Crippen molar-refractivity contribution in [2.45, 2.75) is 38.3 Å². The third kappa shape index (κ3) is 3.87. The van der Waals surface area contributed by atoms with E-state index in [1.54, 1.807) is 0 Å². The summed E-state index contributed by atoms with van der Waals surface area (Å²) in [5.41, 5.74) is 0.726. The standard InChI is InChI=1S/C12H18F2NSi2.ClH.Zn/c1-16(2)5-6-17(3,4)15(16)12-8-10(13)7-11(14)9-12;;/h8-9H,5-6H2,1-4H3;1H;/q-1;;+2/p-1. The summed E-state index contributed by atoms with van der Waals surface area (Å²) in [4.78, 5) is 0. The molecule has 7 heteroatoms. The molecule has 0 spiro atoms. The number of nitrogens with zero attached hydrogens (tertiary/aromatic N) is 1. The summed E-state index contributed by atoms with van der Waals surface area (Å²) in [5.74, 6) is -1.19. The molecular formula is C12H18ClF2NSi2Zn. The summed E-state index contributed by atoms with van der Waals surface area (Å²) in [6.45, 7) is 9.12. The van der Waals surface area contributed by atoms with Gasteiger partial charge in [-0.05, 0) is 12.1 Å². The SMILES string of the molecule is C[Si]1(C)CC[Si](C)(C)N1c1cc(F)[c-]c(F)c1.[Cl][Zn+].